The van der Waals surface area contributed by atoms with Gasteiger partial charge in [-0.15, -0.1) is 0 Å². The molecule has 1 atom stereocenters. The quantitative estimate of drug-likeness (QED) is 0.858. The molecule has 0 fully saturated rings. The van der Waals surface area contributed by atoms with Crippen LogP contribution in [0.3, 0.4) is 0 Å². The number of alkyl carbamates (subject to hydrolysis) is 1. The predicted molar refractivity (Wildman–Crippen MR) is 74.2 cm³/mol. The fraction of sp³-hybridized carbons (Fsp3) is 0.467. The van der Waals surface area contributed by atoms with Crippen molar-refractivity contribution in [1.82, 2.24) is 5.32 Å². The van der Waals surface area contributed by atoms with Crippen LogP contribution in [0.1, 0.15) is 44.4 Å². The number of benzene rings is 1. The van der Waals surface area contributed by atoms with Gasteiger partial charge in [0.1, 0.15) is 11.9 Å². The first-order chi connectivity index (χ1) is 10.0. The van der Waals surface area contributed by atoms with Crippen LogP contribution in [0.4, 0.5) is 18.0 Å². The number of nitrogens with one attached hydrogen (secondary N) is 1. The Morgan fingerprint density at radius 1 is 1.23 bits per heavy atom. The number of hydrogen-bond donors (Lipinski definition) is 1. The van der Waals surface area contributed by atoms with Gasteiger partial charge in [-0.25, -0.2) is 4.79 Å². The first kappa shape index (κ1) is 18.0. The topological polar surface area (TPSA) is 55.4 Å². The van der Waals surface area contributed by atoms with Crippen LogP contribution in [0.25, 0.3) is 0 Å². The Hall–Kier alpha value is -2.05. The summed E-state index contributed by atoms with van der Waals surface area (Å²) in [5, 5.41) is 2.48. The second-order valence-electron chi connectivity index (χ2n) is 5.72. The van der Waals surface area contributed by atoms with E-state index in [-0.39, 0.29) is 6.42 Å². The summed E-state index contributed by atoms with van der Waals surface area (Å²) in [6, 6.07) is 3.53. The molecule has 1 N–H and O–H groups in total. The number of carbonyl (C=O) groups excluding carboxylic acids is 2. The van der Waals surface area contributed by atoms with E-state index in [1.807, 2.05) is 0 Å². The third kappa shape index (κ3) is 5.75. The molecule has 0 aliphatic carbocycles. The summed E-state index contributed by atoms with van der Waals surface area (Å²) < 4.78 is 42.6. The van der Waals surface area contributed by atoms with Gasteiger partial charge in [-0.05, 0) is 38.5 Å². The van der Waals surface area contributed by atoms with E-state index in [0.717, 1.165) is 12.1 Å². The largest absolute Gasteiger partial charge is 0.444 e. The molecule has 0 saturated carbocycles. The molecular weight excluding hydrogens is 299 g/mol. The Morgan fingerprint density at radius 3 is 2.18 bits per heavy atom. The second kappa shape index (κ2) is 6.81. The molecule has 0 heterocycles. The van der Waals surface area contributed by atoms with Crippen molar-refractivity contribution in [2.75, 3.05) is 0 Å². The van der Waals surface area contributed by atoms with Crippen molar-refractivity contribution in [2.45, 2.75) is 45.0 Å². The van der Waals surface area contributed by atoms with Crippen molar-refractivity contribution in [2.24, 2.45) is 0 Å². The lowest BCUT2D eigenvalue weighted by atomic mass is 10.0. The molecule has 0 radical (unpaired) electrons. The third-order valence-corrected chi connectivity index (χ3v) is 2.66. The monoisotopic (exact) mass is 317 g/mol. The molecule has 0 bridgehead atoms. The fourth-order valence-electron chi connectivity index (χ4n) is 1.73. The van der Waals surface area contributed by atoms with E-state index >= 15 is 0 Å². The van der Waals surface area contributed by atoms with Crippen LogP contribution in [0, 0.1) is 0 Å². The summed E-state index contributed by atoms with van der Waals surface area (Å²) in [6.07, 6.45) is -4.65. The summed E-state index contributed by atoms with van der Waals surface area (Å²) in [5.74, 6) is 0. The number of carbonyl (C=O) groups is 2. The number of aldehydes is 1. The highest BCUT2D eigenvalue weighted by Gasteiger charge is 2.30. The van der Waals surface area contributed by atoms with Crippen LogP contribution in [-0.4, -0.2) is 18.0 Å². The summed E-state index contributed by atoms with van der Waals surface area (Å²) in [6.45, 7) is 5.04. The summed E-state index contributed by atoms with van der Waals surface area (Å²) in [5.41, 5.74) is -1.11. The molecule has 0 unspecified atom stereocenters. The average Bonchev–Trinajstić information content (AvgIpc) is 2.35. The van der Waals surface area contributed by atoms with E-state index in [0.29, 0.717) is 11.8 Å². The zero-order valence-corrected chi connectivity index (χ0v) is 12.5. The minimum Gasteiger partial charge on any atom is -0.444 e. The van der Waals surface area contributed by atoms with Gasteiger partial charge >= 0.3 is 12.3 Å². The highest BCUT2D eigenvalue weighted by atomic mass is 19.4. The molecule has 22 heavy (non-hydrogen) atoms. The van der Waals surface area contributed by atoms with Crippen LogP contribution in [-0.2, 0) is 15.7 Å². The van der Waals surface area contributed by atoms with Crippen molar-refractivity contribution in [3.05, 3.63) is 35.4 Å². The lowest BCUT2D eigenvalue weighted by molar-refractivity contribution is -0.137. The molecule has 7 heteroatoms. The summed E-state index contributed by atoms with van der Waals surface area (Å²) in [7, 11) is 0. The van der Waals surface area contributed by atoms with Gasteiger partial charge in [-0.1, -0.05) is 12.1 Å². The van der Waals surface area contributed by atoms with E-state index < -0.39 is 29.5 Å². The summed E-state index contributed by atoms with van der Waals surface area (Å²) in [4.78, 5) is 22.4. The van der Waals surface area contributed by atoms with Gasteiger partial charge < -0.3 is 14.8 Å². The van der Waals surface area contributed by atoms with Gasteiger partial charge in [0.25, 0.3) is 0 Å². The van der Waals surface area contributed by atoms with Crippen molar-refractivity contribution >= 4 is 12.4 Å². The summed E-state index contributed by atoms with van der Waals surface area (Å²) >= 11 is 0. The van der Waals surface area contributed by atoms with Gasteiger partial charge in [0, 0.05) is 6.42 Å². The molecule has 0 aromatic heterocycles. The van der Waals surface area contributed by atoms with Crippen molar-refractivity contribution < 1.29 is 27.5 Å². The molecule has 0 aliphatic rings. The minimum absolute atomic E-state index is 0.0649. The average molecular weight is 317 g/mol. The maximum atomic E-state index is 12.5. The maximum Gasteiger partial charge on any atom is 0.416 e. The number of hydrogen-bond acceptors (Lipinski definition) is 3. The fourth-order valence-corrected chi connectivity index (χ4v) is 1.73. The van der Waals surface area contributed by atoms with Gasteiger partial charge in [-0.3, -0.25) is 0 Å². The van der Waals surface area contributed by atoms with E-state index in [1.54, 1.807) is 20.8 Å². The predicted octanol–water partition coefficient (Wildman–Crippen LogP) is 3.86. The van der Waals surface area contributed by atoms with E-state index in [4.69, 9.17) is 4.74 Å². The number of ether oxygens (including phenoxy) is 1. The van der Waals surface area contributed by atoms with Crippen LogP contribution >= 0.6 is 0 Å². The number of halogens is 3. The van der Waals surface area contributed by atoms with Gasteiger partial charge in [0.05, 0.1) is 11.6 Å². The molecule has 0 saturated heterocycles. The number of rotatable bonds is 4. The minimum atomic E-state index is -4.43. The molecule has 1 aromatic rings. The third-order valence-electron chi connectivity index (χ3n) is 2.66. The first-order valence-corrected chi connectivity index (χ1v) is 6.63. The van der Waals surface area contributed by atoms with Crippen LogP contribution in [0.5, 0.6) is 0 Å². The van der Waals surface area contributed by atoms with E-state index in [9.17, 15) is 22.8 Å². The molecule has 4 nitrogen and oxygen atoms in total. The first-order valence-electron chi connectivity index (χ1n) is 6.63. The smallest absolute Gasteiger partial charge is 0.416 e. The molecule has 1 aromatic carbocycles. The number of amides is 1. The highest BCUT2D eigenvalue weighted by molar-refractivity contribution is 5.69. The van der Waals surface area contributed by atoms with Gasteiger partial charge in [0.2, 0.25) is 0 Å². The van der Waals surface area contributed by atoms with Crippen molar-refractivity contribution in [3.63, 3.8) is 0 Å². The van der Waals surface area contributed by atoms with Crippen LogP contribution < -0.4 is 5.32 Å². The Morgan fingerprint density at radius 2 is 1.77 bits per heavy atom. The molecule has 0 aliphatic heterocycles. The Bertz CT molecular complexity index is 518. The zero-order valence-electron chi connectivity index (χ0n) is 12.5. The molecule has 0 spiro atoms. The lowest BCUT2D eigenvalue weighted by Crippen LogP contribution is -2.35. The SMILES string of the molecule is CC(C)(C)OC(=O)N[C@@H](CC=O)c1ccc(C(F)(F)F)cc1. The van der Waals surface area contributed by atoms with Crippen LogP contribution in [0.2, 0.25) is 0 Å². The molecule has 1 rings (SSSR count). The highest BCUT2D eigenvalue weighted by Crippen LogP contribution is 2.30. The number of alkyl halides is 3. The van der Waals surface area contributed by atoms with Crippen molar-refractivity contribution in [3.8, 4) is 0 Å². The standard InChI is InChI=1S/C15H18F3NO3/c1-14(2,3)22-13(21)19-12(8-9-20)10-4-6-11(7-5-10)15(16,17)18/h4-7,9,12H,8H2,1-3H3,(H,19,21)/t12-/m0/s1. The Kier molecular flexibility index (Phi) is 5.57. The second-order valence-corrected chi connectivity index (χ2v) is 5.72. The van der Waals surface area contributed by atoms with Gasteiger partial charge in [0.15, 0.2) is 0 Å². The normalized spacial score (nSPS) is 13.4. The van der Waals surface area contributed by atoms with Gasteiger partial charge in [-0.2, -0.15) is 13.2 Å². The Balaban J connectivity index is 2.87. The Labute approximate surface area is 126 Å². The maximum absolute atomic E-state index is 12.5. The molecular formula is C15H18F3NO3. The zero-order chi connectivity index (χ0) is 17.0. The molecule has 122 valence electrons. The van der Waals surface area contributed by atoms with E-state index in [2.05, 4.69) is 5.32 Å². The van der Waals surface area contributed by atoms with E-state index in [1.165, 1.54) is 12.1 Å². The lowest BCUT2D eigenvalue weighted by Gasteiger charge is -2.23. The van der Waals surface area contributed by atoms with Crippen molar-refractivity contribution in [1.29, 1.82) is 0 Å². The van der Waals surface area contributed by atoms with Crippen LogP contribution in [0.15, 0.2) is 24.3 Å². The molecule has 1 amide bonds.